The number of dihydropyridines is 1. The minimum atomic E-state index is 0.255. The summed E-state index contributed by atoms with van der Waals surface area (Å²) >= 11 is 0. The van der Waals surface area contributed by atoms with Crippen molar-refractivity contribution in [3.63, 3.8) is 0 Å². The van der Waals surface area contributed by atoms with Gasteiger partial charge in [0.25, 0.3) is 0 Å². The number of hydrogen-bond acceptors (Lipinski definition) is 3. The van der Waals surface area contributed by atoms with Crippen LogP contribution in [0.1, 0.15) is 48.0 Å². The molecule has 1 rings (SSSR count). The summed E-state index contributed by atoms with van der Waals surface area (Å²) in [6.45, 7) is 16.5. The van der Waals surface area contributed by atoms with Crippen LogP contribution >= 0.6 is 0 Å². The fourth-order valence-corrected chi connectivity index (χ4v) is 2.71. The highest BCUT2D eigenvalue weighted by Crippen LogP contribution is 2.29. The zero-order chi connectivity index (χ0) is 16.9. The van der Waals surface area contributed by atoms with Gasteiger partial charge in [0, 0.05) is 41.3 Å². The lowest BCUT2D eigenvalue weighted by atomic mass is 9.90. The van der Waals surface area contributed by atoms with E-state index in [1.807, 2.05) is 20.8 Å². The molecule has 0 aromatic rings. The SMILES string of the molecule is C=C1NC(C)=CC(C)=C1C/C(=C/C)C(=CN)C(C)=NC(C)C. The molecule has 0 saturated carbocycles. The Morgan fingerprint density at radius 3 is 2.50 bits per heavy atom. The van der Waals surface area contributed by atoms with Crippen molar-refractivity contribution in [2.75, 3.05) is 0 Å². The quantitative estimate of drug-likeness (QED) is 0.585. The summed E-state index contributed by atoms with van der Waals surface area (Å²) in [5.74, 6) is 0. The molecule has 0 amide bonds. The minimum absolute atomic E-state index is 0.255. The van der Waals surface area contributed by atoms with E-state index in [9.17, 15) is 0 Å². The second-order valence-corrected chi connectivity index (χ2v) is 5.97. The number of hydrogen-bond donors (Lipinski definition) is 2. The molecule has 0 spiro atoms. The van der Waals surface area contributed by atoms with Crippen LogP contribution in [-0.4, -0.2) is 11.8 Å². The smallest absolute Gasteiger partial charge is 0.0446 e. The number of aliphatic imine (C=N–C) groups is 1. The predicted molar refractivity (Wildman–Crippen MR) is 97.6 cm³/mol. The van der Waals surface area contributed by atoms with E-state index in [-0.39, 0.29) is 6.04 Å². The molecule has 22 heavy (non-hydrogen) atoms. The second-order valence-electron chi connectivity index (χ2n) is 5.97. The lowest BCUT2D eigenvalue weighted by Gasteiger charge is -2.23. The second kappa shape index (κ2) is 7.83. The van der Waals surface area contributed by atoms with Gasteiger partial charge in [-0.1, -0.05) is 12.7 Å². The molecule has 1 aliphatic rings. The lowest BCUT2D eigenvalue weighted by molar-refractivity contribution is 0.834. The molecule has 0 unspecified atom stereocenters. The van der Waals surface area contributed by atoms with E-state index in [2.05, 4.69) is 49.8 Å². The van der Waals surface area contributed by atoms with Crippen molar-refractivity contribution < 1.29 is 0 Å². The molecule has 0 bridgehead atoms. The van der Waals surface area contributed by atoms with E-state index in [0.29, 0.717) is 0 Å². The molecule has 1 aliphatic heterocycles. The Bertz CT molecular complexity index is 596. The molecule has 0 aromatic carbocycles. The van der Waals surface area contributed by atoms with Crippen molar-refractivity contribution in [1.82, 2.24) is 5.32 Å². The third kappa shape index (κ3) is 4.48. The normalized spacial score (nSPS) is 17.9. The number of allylic oxidation sites excluding steroid dienone is 7. The van der Waals surface area contributed by atoms with Gasteiger partial charge in [-0.25, -0.2) is 0 Å². The van der Waals surface area contributed by atoms with Crippen LogP contribution in [0.5, 0.6) is 0 Å². The van der Waals surface area contributed by atoms with E-state index >= 15 is 0 Å². The third-order valence-corrected chi connectivity index (χ3v) is 3.69. The summed E-state index contributed by atoms with van der Waals surface area (Å²) < 4.78 is 0. The van der Waals surface area contributed by atoms with Gasteiger partial charge in [-0.15, -0.1) is 0 Å². The number of rotatable bonds is 5. The molecule has 0 fully saturated rings. The Morgan fingerprint density at radius 1 is 1.41 bits per heavy atom. The Hall–Kier alpha value is -2.03. The maximum Gasteiger partial charge on any atom is 0.0446 e. The first kappa shape index (κ1) is 18.0. The number of nitrogens with two attached hydrogens (primary N) is 1. The van der Waals surface area contributed by atoms with Gasteiger partial charge >= 0.3 is 0 Å². The molecule has 0 radical (unpaired) electrons. The first-order valence-corrected chi connectivity index (χ1v) is 7.76. The van der Waals surface area contributed by atoms with Crippen LogP contribution in [0.2, 0.25) is 0 Å². The van der Waals surface area contributed by atoms with E-state index < -0.39 is 0 Å². The van der Waals surface area contributed by atoms with Crippen molar-refractivity contribution in [1.29, 1.82) is 0 Å². The highest BCUT2D eigenvalue weighted by Gasteiger charge is 2.16. The van der Waals surface area contributed by atoms with Gasteiger partial charge in [0.2, 0.25) is 0 Å². The summed E-state index contributed by atoms with van der Waals surface area (Å²) in [7, 11) is 0. The Balaban J connectivity index is 3.13. The zero-order valence-corrected chi connectivity index (χ0v) is 14.7. The number of nitrogens with zero attached hydrogens (tertiary/aromatic N) is 1. The molecule has 1 heterocycles. The highest BCUT2D eigenvalue weighted by atomic mass is 14.9. The highest BCUT2D eigenvalue weighted by molar-refractivity contribution is 6.02. The average Bonchev–Trinajstić information content (AvgIpc) is 2.40. The van der Waals surface area contributed by atoms with E-state index in [1.54, 1.807) is 6.20 Å². The molecule has 0 aliphatic carbocycles. The first-order chi connectivity index (χ1) is 10.3. The van der Waals surface area contributed by atoms with Crippen molar-refractivity contribution in [2.24, 2.45) is 10.7 Å². The van der Waals surface area contributed by atoms with Crippen LogP contribution in [-0.2, 0) is 0 Å². The van der Waals surface area contributed by atoms with Gasteiger partial charge in [-0.3, -0.25) is 4.99 Å². The van der Waals surface area contributed by atoms with Crippen molar-refractivity contribution in [3.05, 3.63) is 58.6 Å². The van der Waals surface area contributed by atoms with Gasteiger partial charge in [0.1, 0.15) is 0 Å². The average molecular weight is 299 g/mol. The van der Waals surface area contributed by atoms with Crippen molar-refractivity contribution >= 4 is 5.71 Å². The predicted octanol–water partition coefficient (Wildman–Crippen LogP) is 4.37. The van der Waals surface area contributed by atoms with Gasteiger partial charge in [-0.2, -0.15) is 0 Å². The maximum atomic E-state index is 5.87. The standard InChI is InChI=1S/C19H29N3/c1-8-17(19(11-20)16(7)21-12(2)3)10-18-13(4)9-14(5)22-15(18)6/h8-9,11-12,22H,6,10,20H2,1-5,7H3/b17-8-,19-11?,21-16?. The molecule has 0 atom stereocenters. The third-order valence-electron chi connectivity index (χ3n) is 3.69. The van der Waals surface area contributed by atoms with Gasteiger partial charge < -0.3 is 11.1 Å². The van der Waals surface area contributed by atoms with E-state index in [0.717, 1.165) is 29.1 Å². The summed E-state index contributed by atoms with van der Waals surface area (Å²) in [4.78, 5) is 4.62. The van der Waals surface area contributed by atoms with Gasteiger partial charge in [0.15, 0.2) is 0 Å². The van der Waals surface area contributed by atoms with E-state index in [4.69, 9.17) is 5.73 Å². The summed E-state index contributed by atoms with van der Waals surface area (Å²) in [6, 6.07) is 0.255. The van der Waals surface area contributed by atoms with Crippen LogP contribution in [0.15, 0.2) is 63.6 Å². The minimum Gasteiger partial charge on any atom is -0.404 e. The summed E-state index contributed by atoms with van der Waals surface area (Å²) in [6.07, 6.45) is 6.72. The molecule has 120 valence electrons. The Kier molecular flexibility index (Phi) is 6.41. The van der Waals surface area contributed by atoms with Crippen LogP contribution in [0, 0.1) is 0 Å². The lowest BCUT2D eigenvalue weighted by Crippen LogP contribution is -2.18. The van der Waals surface area contributed by atoms with Crippen LogP contribution in [0.3, 0.4) is 0 Å². The summed E-state index contributed by atoms with van der Waals surface area (Å²) in [5, 5.41) is 3.31. The molecule has 0 aromatic heterocycles. The van der Waals surface area contributed by atoms with Crippen LogP contribution in [0.25, 0.3) is 0 Å². The van der Waals surface area contributed by atoms with E-state index in [1.165, 1.54) is 16.7 Å². The van der Waals surface area contributed by atoms with Gasteiger partial charge in [-0.05, 0) is 64.3 Å². The Morgan fingerprint density at radius 2 is 2.05 bits per heavy atom. The molecule has 0 saturated heterocycles. The largest absolute Gasteiger partial charge is 0.404 e. The van der Waals surface area contributed by atoms with Gasteiger partial charge in [0.05, 0.1) is 0 Å². The molecule has 3 N–H and O–H groups in total. The first-order valence-electron chi connectivity index (χ1n) is 7.76. The topological polar surface area (TPSA) is 50.4 Å². The fraction of sp³-hybridized carbons (Fsp3) is 0.421. The van der Waals surface area contributed by atoms with Crippen molar-refractivity contribution in [3.8, 4) is 0 Å². The van der Waals surface area contributed by atoms with Crippen LogP contribution < -0.4 is 11.1 Å². The molecular weight excluding hydrogens is 270 g/mol. The maximum absolute atomic E-state index is 5.87. The van der Waals surface area contributed by atoms with Crippen LogP contribution in [0.4, 0.5) is 0 Å². The summed E-state index contributed by atoms with van der Waals surface area (Å²) in [5.41, 5.74) is 13.6. The zero-order valence-electron chi connectivity index (χ0n) is 14.7. The molecule has 3 heteroatoms. The van der Waals surface area contributed by atoms with Crippen molar-refractivity contribution in [2.45, 2.75) is 54.0 Å². The Labute approximate surface area is 135 Å². The molecular formula is C19H29N3. The monoisotopic (exact) mass is 299 g/mol. The molecule has 3 nitrogen and oxygen atoms in total. The number of nitrogens with one attached hydrogen (secondary N) is 1. The fourth-order valence-electron chi connectivity index (χ4n) is 2.71.